The Balaban J connectivity index is 1.83. The maximum Gasteiger partial charge on any atom is 0.257 e. The van der Waals surface area contributed by atoms with E-state index in [0.717, 1.165) is 24.8 Å². The number of benzene rings is 2. The largest absolute Gasteiger partial charge is 0.497 e. The minimum atomic E-state index is -0.238. The number of methoxy groups -OCH3 is 2. The van der Waals surface area contributed by atoms with Gasteiger partial charge in [0.05, 0.1) is 19.8 Å². The second kappa shape index (κ2) is 8.21. The van der Waals surface area contributed by atoms with Crippen molar-refractivity contribution in [1.29, 1.82) is 0 Å². The molecule has 4 nitrogen and oxygen atoms in total. The second-order valence-electron chi connectivity index (χ2n) is 6.56. The van der Waals surface area contributed by atoms with Crippen molar-refractivity contribution in [3.05, 3.63) is 59.4 Å². The molecular formula is C21H24FNO3. The summed E-state index contributed by atoms with van der Waals surface area (Å²) in [5.74, 6) is 1.10. The third-order valence-electron chi connectivity index (χ3n) is 4.94. The molecule has 138 valence electrons. The second-order valence-corrected chi connectivity index (χ2v) is 6.56. The number of hydrogen-bond acceptors (Lipinski definition) is 3. The van der Waals surface area contributed by atoms with Crippen LogP contribution in [0.1, 0.15) is 41.1 Å². The molecule has 1 amide bonds. The quantitative estimate of drug-likeness (QED) is 0.821. The summed E-state index contributed by atoms with van der Waals surface area (Å²) in [5.41, 5.74) is 1.61. The Hall–Kier alpha value is -2.56. The Morgan fingerprint density at radius 1 is 1.08 bits per heavy atom. The van der Waals surface area contributed by atoms with Crippen molar-refractivity contribution in [1.82, 2.24) is 4.90 Å². The molecular weight excluding hydrogens is 333 g/mol. The third-order valence-corrected chi connectivity index (χ3v) is 4.94. The summed E-state index contributed by atoms with van der Waals surface area (Å²) < 4.78 is 23.8. The first-order valence-electron chi connectivity index (χ1n) is 8.89. The van der Waals surface area contributed by atoms with Crippen molar-refractivity contribution in [2.45, 2.75) is 25.2 Å². The molecule has 1 heterocycles. The fourth-order valence-electron chi connectivity index (χ4n) is 3.48. The zero-order valence-corrected chi connectivity index (χ0v) is 15.2. The van der Waals surface area contributed by atoms with Gasteiger partial charge in [-0.15, -0.1) is 0 Å². The van der Waals surface area contributed by atoms with Crippen molar-refractivity contribution < 1.29 is 18.7 Å². The highest BCUT2D eigenvalue weighted by Crippen LogP contribution is 2.30. The highest BCUT2D eigenvalue weighted by Gasteiger charge is 2.26. The predicted molar refractivity (Wildman–Crippen MR) is 98.4 cm³/mol. The number of ether oxygens (including phenoxy) is 2. The van der Waals surface area contributed by atoms with Crippen molar-refractivity contribution >= 4 is 5.91 Å². The first kappa shape index (κ1) is 18.2. The van der Waals surface area contributed by atoms with E-state index in [2.05, 4.69) is 0 Å². The zero-order chi connectivity index (χ0) is 18.5. The monoisotopic (exact) mass is 357 g/mol. The summed E-state index contributed by atoms with van der Waals surface area (Å²) in [4.78, 5) is 15.0. The standard InChI is InChI=1S/C21H24FNO3/c1-25-18-10-11-19(20(13-18)26-2)21(24)23-12-4-3-5-16(14-23)15-6-8-17(22)9-7-15/h6-11,13,16H,3-5,12,14H2,1-2H3. The summed E-state index contributed by atoms with van der Waals surface area (Å²) in [7, 11) is 3.13. The predicted octanol–water partition coefficient (Wildman–Crippen LogP) is 4.25. The molecule has 5 heteroatoms. The maximum absolute atomic E-state index is 13.2. The van der Waals surface area contributed by atoms with Crippen molar-refractivity contribution in [3.8, 4) is 11.5 Å². The van der Waals surface area contributed by atoms with Crippen LogP contribution in [0.5, 0.6) is 11.5 Å². The van der Waals surface area contributed by atoms with Crippen LogP contribution in [0.25, 0.3) is 0 Å². The Labute approximate surface area is 153 Å². The molecule has 1 atom stereocenters. The van der Waals surface area contributed by atoms with E-state index in [9.17, 15) is 9.18 Å². The van der Waals surface area contributed by atoms with Crippen LogP contribution in [0.15, 0.2) is 42.5 Å². The average Bonchev–Trinajstić information content (AvgIpc) is 2.93. The van der Waals surface area contributed by atoms with Gasteiger partial charge in [0.2, 0.25) is 0 Å². The Bertz CT molecular complexity index is 760. The van der Waals surface area contributed by atoms with E-state index in [1.165, 1.54) is 12.1 Å². The fourth-order valence-corrected chi connectivity index (χ4v) is 3.48. The lowest BCUT2D eigenvalue weighted by molar-refractivity contribution is 0.0751. The zero-order valence-electron chi connectivity index (χ0n) is 15.2. The van der Waals surface area contributed by atoms with E-state index in [1.54, 1.807) is 32.4 Å². The first-order chi connectivity index (χ1) is 12.6. The van der Waals surface area contributed by atoms with Crippen molar-refractivity contribution in [2.24, 2.45) is 0 Å². The van der Waals surface area contributed by atoms with Gasteiger partial charge in [-0.2, -0.15) is 0 Å². The number of hydrogen-bond donors (Lipinski definition) is 0. The summed E-state index contributed by atoms with van der Waals surface area (Å²) in [6, 6.07) is 11.9. The number of rotatable bonds is 4. The molecule has 0 aliphatic carbocycles. The van der Waals surface area contributed by atoms with E-state index in [1.807, 2.05) is 17.0 Å². The summed E-state index contributed by atoms with van der Waals surface area (Å²) in [5, 5.41) is 0. The van der Waals surface area contributed by atoms with E-state index >= 15 is 0 Å². The first-order valence-corrected chi connectivity index (χ1v) is 8.89. The minimum absolute atomic E-state index is 0.0430. The van der Waals surface area contributed by atoms with E-state index in [4.69, 9.17) is 9.47 Å². The molecule has 0 radical (unpaired) electrons. The molecule has 0 spiro atoms. The third kappa shape index (κ3) is 3.98. The topological polar surface area (TPSA) is 38.8 Å². The number of amides is 1. The van der Waals surface area contributed by atoms with E-state index in [0.29, 0.717) is 30.2 Å². The SMILES string of the molecule is COc1ccc(C(=O)N2CCCCC(c3ccc(F)cc3)C2)c(OC)c1. The fraction of sp³-hybridized carbons (Fsp3) is 0.381. The molecule has 1 unspecified atom stereocenters. The minimum Gasteiger partial charge on any atom is -0.497 e. The van der Waals surface area contributed by atoms with Gasteiger partial charge < -0.3 is 14.4 Å². The van der Waals surface area contributed by atoms with Gasteiger partial charge in [0.15, 0.2) is 0 Å². The van der Waals surface area contributed by atoms with Gasteiger partial charge in [-0.05, 0) is 42.7 Å². The summed E-state index contributed by atoms with van der Waals surface area (Å²) in [6.45, 7) is 1.34. The molecule has 0 bridgehead atoms. The van der Waals surface area contributed by atoms with Crippen LogP contribution in [-0.4, -0.2) is 38.1 Å². The molecule has 2 aromatic rings. The number of carbonyl (C=O) groups is 1. The van der Waals surface area contributed by atoms with Gasteiger partial charge in [-0.3, -0.25) is 4.79 Å². The van der Waals surface area contributed by atoms with Gasteiger partial charge >= 0.3 is 0 Å². The van der Waals surface area contributed by atoms with Gasteiger partial charge in [0.25, 0.3) is 5.91 Å². The lowest BCUT2D eigenvalue weighted by Gasteiger charge is -2.25. The van der Waals surface area contributed by atoms with Crippen LogP contribution < -0.4 is 9.47 Å². The molecule has 2 aromatic carbocycles. The van der Waals surface area contributed by atoms with E-state index in [-0.39, 0.29) is 17.6 Å². The van der Waals surface area contributed by atoms with Crippen molar-refractivity contribution in [3.63, 3.8) is 0 Å². The summed E-state index contributed by atoms with van der Waals surface area (Å²) >= 11 is 0. The number of carbonyl (C=O) groups excluding carboxylic acids is 1. The van der Waals surface area contributed by atoms with Crippen LogP contribution in [-0.2, 0) is 0 Å². The van der Waals surface area contributed by atoms with Gasteiger partial charge in [-0.1, -0.05) is 18.6 Å². The van der Waals surface area contributed by atoms with E-state index < -0.39 is 0 Å². The highest BCUT2D eigenvalue weighted by molar-refractivity contribution is 5.97. The smallest absolute Gasteiger partial charge is 0.257 e. The average molecular weight is 357 g/mol. The highest BCUT2D eigenvalue weighted by atomic mass is 19.1. The van der Waals surface area contributed by atoms with Crippen LogP contribution in [0.4, 0.5) is 4.39 Å². The van der Waals surface area contributed by atoms with Gasteiger partial charge in [0.1, 0.15) is 17.3 Å². The van der Waals surface area contributed by atoms with Gasteiger partial charge in [0, 0.05) is 25.1 Å². The maximum atomic E-state index is 13.2. The number of halogens is 1. The number of likely N-dealkylation sites (tertiary alicyclic amines) is 1. The lowest BCUT2D eigenvalue weighted by Crippen LogP contribution is -2.34. The molecule has 3 rings (SSSR count). The molecule has 0 N–H and O–H groups in total. The number of nitrogens with zero attached hydrogens (tertiary/aromatic N) is 1. The molecule has 1 saturated heterocycles. The Morgan fingerprint density at radius 2 is 1.85 bits per heavy atom. The van der Waals surface area contributed by atoms with Crippen LogP contribution >= 0.6 is 0 Å². The van der Waals surface area contributed by atoms with Crippen LogP contribution in [0.3, 0.4) is 0 Å². The molecule has 1 fully saturated rings. The van der Waals surface area contributed by atoms with Gasteiger partial charge in [-0.25, -0.2) is 4.39 Å². The summed E-state index contributed by atoms with van der Waals surface area (Å²) in [6.07, 6.45) is 3.00. The molecule has 0 saturated carbocycles. The molecule has 26 heavy (non-hydrogen) atoms. The molecule has 1 aliphatic heterocycles. The van der Waals surface area contributed by atoms with Crippen LogP contribution in [0.2, 0.25) is 0 Å². The van der Waals surface area contributed by atoms with Crippen molar-refractivity contribution in [2.75, 3.05) is 27.3 Å². The normalized spacial score (nSPS) is 17.5. The Morgan fingerprint density at radius 3 is 2.54 bits per heavy atom. The molecule has 0 aromatic heterocycles. The Kier molecular flexibility index (Phi) is 5.76. The molecule has 1 aliphatic rings. The lowest BCUT2D eigenvalue weighted by atomic mass is 9.94. The van der Waals surface area contributed by atoms with Crippen LogP contribution in [0, 0.1) is 5.82 Å².